The highest BCUT2D eigenvalue weighted by atomic mass is 16.8. The minimum absolute atomic E-state index is 0.0160. The van der Waals surface area contributed by atoms with E-state index in [1.54, 1.807) is 12.4 Å². The van der Waals surface area contributed by atoms with Crippen LogP contribution in [0.2, 0.25) is 0 Å². The molecule has 98 heavy (non-hydrogen) atoms. The van der Waals surface area contributed by atoms with Gasteiger partial charge in [-0.1, -0.05) is 5.21 Å². The number of rotatable bonds is 49. The van der Waals surface area contributed by atoms with Crippen LogP contribution in [0.3, 0.4) is 0 Å². The highest BCUT2D eigenvalue weighted by Crippen LogP contribution is 2.43. The second-order valence-electron chi connectivity index (χ2n) is 24.5. The van der Waals surface area contributed by atoms with Gasteiger partial charge in [-0.2, -0.15) is 5.10 Å². The van der Waals surface area contributed by atoms with Gasteiger partial charge in [-0.3, -0.25) is 24.4 Å². The molecule has 8 heterocycles. The van der Waals surface area contributed by atoms with E-state index in [0.29, 0.717) is 11.4 Å². The average molecular weight is 1410 g/mol. The van der Waals surface area contributed by atoms with Crippen LogP contribution in [-0.4, -0.2) is 357 Å². The van der Waals surface area contributed by atoms with E-state index in [1.165, 1.54) is 15.9 Å². The molecule has 18 N–H and O–H groups in total. The van der Waals surface area contributed by atoms with Crippen LogP contribution in [0.4, 0.5) is 0 Å². The molecule has 3 amide bonds. The summed E-state index contributed by atoms with van der Waals surface area (Å²) in [5.74, 6) is 4.60. The molecule has 7 aliphatic rings. The molecule has 558 valence electrons. The molecule has 6 bridgehead atoms. The molecule has 16 atom stereocenters. The lowest BCUT2D eigenvalue weighted by molar-refractivity contribution is -0.251. The van der Waals surface area contributed by atoms with Gasteiger partial charge in [-0.05, 0) is 19.3 Å². The van der Waals surface area contributed by atoms with Crippen molar-refractivity contribution in [1.82, 2.24) is 46.9 Å². The Hall–Kier alpha value is -5.01. The second kappa shape index (κ2) is 39.4. The third-order valence-corrected chi connectivity index (χ3v) is 17.4. The number of nitrogens with two attached hydrogens (primary N) is 2. The molecule has 0 aliphatic carbocycles. The first-order valence-corrected chi connectivity index (χ1v) is 32.7. The first kappa shape index (κ1) is 78.7. The number of aromatic nitrogens is 3. The number of aliphatic hydroxyl groups excluding tert-OH is 9. The Kier molecular flexibility index (Phi) is 31.7. The summed E-state index contributed by atoms with van der Waals surface area (Å²) in [6.45, 7) is 2.57. The monoisotopic (exact) mass is 1410 g/mol. The van der Waals surface area contributed by atoms with E-state index in [4.69, 9.17) is 82.6 Å². The van der Waals surface area contributed by atoms with E-state index in [2.05, 4.69) is 47.3 Å². The minimum Gasteiger partial charge on any atom is -0.393 e. The van der Waals surface area contributed by atoms with Crippen molar-refractivity contribution < 1.29 is 131 Å². The molecule has 0 aromatic carbocycles. The van der Waals surface area contributed by atoms with E-state index in [0.717, 1.165) is 0 Å². The van der Waals surface area contributed by atoms with Gasteiger partial charge in [0.25, 0.3) is 0 Å². The van der Waals surface area contributed by atoms with Crippen LogP contribution >= 0.6 is 0 Å². The number of amides is 3. The summed E-state index contributed by atoms with van der Waals surface area (Å²) in [6, 6.07) is -2.66. The van der Waals surface area contributed by atoms with Gasteiger partial charge in [0.05, 0.1) is 170 Å². The number of ether oxygens (including phenoxy) is 15. The first-order valence-electron chi connectivity index (χ1n) is 32.7. The maximum absolute atomic E-state index is 13.0. The average Bonchev–Trinajstić information content (AvgIpc) is 1.59. The minimum atomic E-state index is -1.42. The summed E-state index contributed by atoms with van der Waals surface area (Å²) in [6.07, 6.45) is -5.83. The molecule has 0 radical (unpaired) electrons. The van der Waals surface area contributed by atoms with Crippen molar-refractivity contribution in [3.8, 4) is 0 Å². The maximum atomic E-state index is 13.0. The fraction of sp³-hybridized carbons (Fsp3) is 0.845. The molecule has 40 nitrogen and oxygen atoms in total. The van der Waals surface area contributed by atoms with Crippen LogP contribution < -0.4 is 38.5 Å². The predicted molar refractivity (Wildman–Crippen MR) is 331 cm³/mol. The lowest BCUT2D eigenvalue weighted by Gasteiger charge is -2.44. The lowest BCUT2D eigenvalue weighted by Crippen LogP contribution is -2.67. The van der Waals surface area contributed by atoms with Gasteiger partial charge in [-0.15, -0.1) is 10.6 Å². The number of fused-ring (bicyclic) bond motifs is 6. The van der Waals surface area contributed by atoms with Crippen molar-refractivity contribution in [1.29, 1.82) is 0 Å². The predicted octanol–water partition coefficient (Wildman–Crippen LogP) is -9.34. The number of aliphatic hydroxyl groups is 9. The smallest absolute Gasteiger partial charge is 0.220 e. The molecule has 8 rings (SSSR count). The Morgan fingerprint density at radius 2 is 1.01 bits per heavy atom. The lowest BCUT2D eigenvalue weighted by atomic mass is 9.84. The van der Waals surface area contributed by atoms with Crippen molar-refractivity contribution in [2.45, 2.75) is 141 Å². The van der Waals surface area contributed by atoms with Gasteiger partial charge in [0.2, 0.25) is 17.7 Å². The van der Waals surface area contributed by atoms with Gasteiger partial charge in [0.15, 0.2) is 18.9 Å². The van der Waals surface area contributed by atoms with Crippen molar-refractivity contribution in [2.24, 2.45) is 21.7 Å². The van der Waals surface area contributed by atoms with Crippen molar-refractivity contribution in [3.63, 3.8) is 0 Å². The number of carbonyl (C=O) groups is 3. The molecule has 6 saturated heterocycles. The van der Waals surface area contributed by atoms with Crippen molar-refractivity contribution >= 4 is 29.6 Å². The third-order valence-electron chi connectivity index (χ3n) is 17.4. The third kappa shape index (κ3) is 21.8. The topological polar surface area (TPSA) is 543 Å². The second-order valence-corrected chi connectivity index (χ2v) is 24.5. The van der Waals surface area contributed by atoms with E-state index in [-0.39, 0.29) is 220 Å². The van der Waals surface area contributed by atoms with Crippen LogP contribution in [-0.2, 0) is 92.0 Å². The molecule has 0 spiro atoms. The fourth-order valence-corrected chi connectivity index (χ4v) is 11.6. The highest BCUT2D eigenvalue weighted by molar-refractivity contribution is 6.31. The Labute approximate surface area is 564 Å². The zero-order valence-electron chi connectivity index (χ0n) is 54.7. The Morgan fingerprint density at radius 1 is 0.592 bits per heavy atom. The first-order chi connectivity index (χ1) is 47.4. The molecule has 6 fully saturated rings. The van der Waals surface area contributed by atoms with Gasteiger partial charge >= 0.3 is 0 Å². The molecule has 1 aromatic rings. The SMILES string of the molecule is N/N=C(\C=N[C@H]1[C@H]2OC[C@](CO)(O2)[C@H](O)[C@@H]1O)COCCOCCOCCNC(=O)CCC(N)(CCC(=O)NCCOCCOCCOCC1=CN([C@H]2[C@H]3OC[C@](CO)(O3)[C@H](O)[C@@H]2O)NN1)CCC(=O)NCCOCCOCCOCc1cn([C@H]2[C@H]3OC[C@](CO)(O3)[C@H](O)[C@@H]2O)nn1. The van der Waals surface area contributed by atoms with Crippen molar-refractivity contribution in [3.05, 3.63) is 23.8 Å². The molecular formula is C58H99N13O27. The molecule has 7 aliphatic heterocycles. The number of aliphatic imine (C=N–C) groups is 1. The van der Waals surface area contributed by atoms with E-state index in [9.17, 15) is 60.3 Å². The quantitative estimate of drug-likeness (QED) is 0.0125. The van der Waals surface area contributed by atoms with E-state index < -0.39 is 116 Å². The number of hydrogen-bond acceptors (Lipinski definition) is 36. The number of nitrogens with one attached hydrogen (secondary N) is 5. The number of carbonyl (C=O) groups excluding carboxylic acids is 3. The van der Waals surface area contributed by atoms with Gasteiger partial charge < -0.3 is 150 Å². The Bertz CT molecular complexity index is 2680. The Morgan fingerprint density at radius 3 is 1.50 bits per heavy atom. The molecule has 0 saturated carbocycles. The van der Waals surface area contributed by atoms with Crippen LogP contribution in [0.1, 0.15) is 50.3 Å². The van der Waals surface area contributed by atoms with Crippen LogP contribution in [0.15, 0.2) is 28.2 Å². The molecular weight excluding hydrogens is 1310 g/mol. The largest absolute Gasteiger partial charge is 0.393 e. The van der Waals surface area contributed by atoms with Crippen LogP contribution in [0.5, 0.6) is 0 Å². The number of hydrazine groups is 2. The summed E-state index contributed by atoms with van der Waals surface area (Å²) in [5, 5.41) is 114. The highest BCUT2D eigenvalue weighted by Gasteiger charge is 2.62. The number of nitrogens with zero attached hydrogens (tertiary/aromatic N) is 6. The number of hydrazone groups is 1. The zero-order valence-corrected chi connectivity index (χ0v) is 54.7. The zero-order chi connectivity index (χ0) is 70.0. The normalized spacial score (nSPS) is 31.0. The maximum Gasteiger partial charge on any atom is 0.220 e. The summed E-state index contributed by atoms with van der Waals surface area (Å²) in [7, 11) is 0. The Balaban J connectivity index is 0.652. The molecule has 1 unspecified atom stereocenters. The summed E-state index contributed by atoms with van der Waals surface area (Å²) in [4.78, 5) is 43.2. The fourth-order valence-electron chi connectivity index (χ4n) is 11.6. The summed E-state index contributed by atoms with van der Waals surface area (Å²) < 4.78 is 85.4. The standard InChI is InChI=1S/C58H99N13O27/c59-55(4-1-40(75)61-7-10-84-13-16-87-19-22-90-28-37(65-60)25-64-43-46(78)49(81)56(31-72)34-93-52(43)96-56,5-2-41(76)62-8-11-85-14-17-88-20-23-91-29-38-26-70(68-66-38)44-47(79)50(82)57(32-73)35-94-53(44)97-57)6-3-42(77)63-9-12-86-15-18-89-21-24-92-30-39-27-71(69-67-39)45-48(80)51(83)58(33-74)36-95-54(45)98-58/h25-27,43-54,66,68,72-74,78-83H,1-24,28-36,59-60H2,(H,61,75)(H,62,76)(H,63,77)/b64-25?,65-37+/t43-,44-,45-,46-,47-,48-,49-,50-,51-,52+,53+,54+,55?,56+,57+,58+/m1/s1. The summed E-state index contributed by atoms with van der Waals surface area (Å²) in [5.41, 5.74) is 8.77. The molecule has 1 aromatic heterocycles. The molecule has 40 heteroatoms. The van der Waals surface area contributed by atoms with Gasteiger partial charge in [0.1, 0.15) is 83.0 Å². The van der Waals surface area contributed by atoms with E-state index in [1.807, 2.05) is 0 Å². The van der Waals surface area contributed by atoms with Gasteiger partial charge in [0, 0.05) is 56.9 Å². The van der Waals surface area contributed by atoms with Gasteiger partial charge in [-0.25, -0.2) is 4.68 Å². The number of hydrogen-bond donors (Lipinski definition) is 16. The van der Waals surface area contributed by atoms with E-state index >= 15 is 0 Å². The van der Waals surface area contributed by atoms with Crippen LogP contribution in [0.25, 0.3) is 0 Å². The van der Waals surface area contributed by atoms with Crippen molar-refractivity contribution in [2.75, 3.05) is 172 Å². The van der Waals surface area contributed by atoms with Crippen LogP contribution in [0, 0.1) is 0 Å². The summed E-state index contributed by atoms with van der Waals surface area (Å²) >= 11 is 0.